The van der Waals surface area contributed by atoms with E-state index >= 15 is 0 Å². The Morgan fingerprint density at radius 2 is 2.18 bits per heavy atom. The third kappa shape index (κ3) is 3.05. The normalized spacial score (nSPS) is 11.5. The van der Waals surface area contributed by atoms with Gasteiger partial charge in [-0.25, -0.2) is 0 Å². The van der Waals surface area contributed by atoms with Gasteiger partial charge in [0.1, 0.15) is 0 Å². The SMILES string of the molecule is CSc1ccc2[nH]cc(CCNC(C)C)c2c1. The predicted molar refractivity (Wildman–Crippen MR) is 76.9 cm³/mol. The van der Waals surface area contributed by atoms with Crippen molar-refractivity contribution in [2.24, 2.45) is 0 Å². The number of thioether (sulfide) groups is 1. The van der Waals surface area contributed by atoms with Crippen LogP contribution in [0, 0.1) is 0 Å². The number of H-pyrrole nitrogens is 1. The smallest absolute Gasteiger partial charge is 0.0457 e. The molecule has 3 heteroatoms. The van der Waals surface area contributed by atoms with Crippen molar-refractivity contribution in [1.29, 1.82) is 0 Å². The number of aromatic amines is 1. The van der Waals surface area contributed by atoms with E-state index in [1.54, 1.807) is 11.8 Å². The van der Waals surface area contributed by atoms with Crippen molar-refractivity contribution in [2.45, 2.75) is 31.2 Å². The van der Waals surface area contributed by atoms with Crippen LogP contribution in [0.3, 0.4) is 0 Å². The van der Waals surface area contributed by atoms with Crippen LogP contribution < -0.4 is 5.32 Å². The number of nitrogens with one attached hydrogen (secondary N) is 2. The van der Waals surface area contributed by atoms with Gasteiger partial charge in [0.15, 0.2) is 0 Å². The Morgan fingerprint density at radius 1 is 1.35 bits per heavy atom. The van der Waals surface area contributed by atoms with Crippen molar-refractivity contribution in [2.75, 3.05) is 12.8 Å². The van der Waals surface area contributed by atoms with Crippen molar-refractivity contribution in [1.82, 2.24) is 10.3 Å². The van der Waals surface area contributed by atoms with Crippen molar-refractivity contribution >= 4 is 22.7 Å². The molecule has 2 N–H and O–H groups in total. The molecular formula is C14H20N2S. The number of hydrogen-bond donors (Lipinski definition) is 2. The molecular weight excluding hydrogens is 228 g/mol. The number of benzene rings is 1. The summed E-state index contributed by atoms with van der Waals surface area (Å²) < 4.78 is 0. The van der Waals surface area contributed by atoms with E-state index in [4.69, 9.17) is 0 Å². The first-order valence-electron chi connectivity index (χ1n) is 6.08. The maximum absolute atomic E-state index is 3.46. The molecule has 0 bridgehead atoms. The Hall–Kier alpha value is -0.930. The van der Waals surface area contributed by atoms with Gasteiger partial charge in [0.25, 0.3) is 0 Å². The molecule has 0 aliphatic rings. The molecule has 92 valence electrons. The van der Waals surface area contributed by atoms with Gasteiger partial charge >= 0.3 is 0 Å². The van der Waals surface area contributed by atoms with E-state index in [0.29, 0.717) is 6.04 Å². The van der Waals surface area contributed by atoms with Gasteiger partial charge < -0.3 is 10.3 Å². The standard InChI is InChI=1S/C14H20N2S/c1-10(2)15-7-6-11-9-16-14-5-4-12(17-3)8-13(11)14/h4-5,8-10,15-16H,6-7H2,1-3H3. The highest BCUT2D eigenvalue weighted by Gasteiger charge is 2.04. The first kappa shape index (κ1) is 12.5. The third-order valence-corrected chi connectivity index (χ3v) is 3.65. The molecule has 2 rings (SSSR count). The van der Waals surface area contributed by atoms with Gasteiger partial charge in [0, 0.05) is 28.0 Å². The van der Waals surface area contributed by atoms with Gasteiger partial charge in [-0.05, 0) is 43.0 Å². The lowest BCUT2D eigenvalue weighted by Crippen LogP contribution is -2.24. The summed E-state index contributed by atoms with van der Waals surface area (Å²) in [6.07, 6.45) is 5.33. The van der Waals surface area contributed by atoms with Crippen LogP contribution in [0.5, 0.6) is 0 Å². The van der Waals surface area contributed by atoms with Crippen LogP contribution in [0.25, 0.3) is 10.9 Å². The Morgan fingerprint density at radius 3 is 2.88 bits per heavy atom. The summed E-state index contributed by atoms with van der Waals surface area (Å²) in [5.74, 6) is 0. The Balaban J connectivity index is 2.16. The summed E-state index contributed by atoms with van der Waals surface area (Å²) in [5.41, 5.74) is 2.64. The molecule has 2 nitrogen and oxygen atoms in total. The first-order chi connectivity index (χ1) is 8.20. The van der Waals surface area contributed by atoms with Crippen molar-refractivity contribution < 1.29 is 0 Å². The van der Waals surface area contributed by atoms with Crippen LogP contribution in [0.15, 0.2) is 29.3 Å². The molecule has 2 aromatic rings. The summed E-state index contributed by atoms with van der Waals surface area (Å²) in [6, 6.07) is 7.17. The van der Waals surface area contributed by atoms with E-state index in [1.165, 1.54) is 21.4 Å². The molecule has 0 spiro atoms. The molecule has 0 fully saturated rings. The van der Waals surface area contributed by atoms with Crippen molar-refractivity contribution in [3.8, 4) is 0 Å². The fourth-order valence-corrected chi connectivity index (χ4v) is 2.43. The summed E-state index contributed by atoms with van der Waals surface area (Å²) in [7, 11) is 0. The van der Waals surface area contributed by atoms with E-state index in [-0.39, 0.29) is 0 Å². The highest BCUT2D eigenvalue weighted by Crippen LogP contribution is 2.24. The second kappa shape index (κ2) is 5.61. The zero-order valence-corrected chi connectivity index (χ0v) is 11.5. The van der Waals surface area contributed by atoms with Gasteiger partial charge in [-0.1, -0.05) is 13.8 Å². The summed E-state index contributed by atoms with van der Waals surface area (Å²) in [6.45, 7) is 5.40. The Bertz CT molecular complexity index is 488. The van der Waals surface area contributed by atoms with Crippen LogP contribution >= 0.6 is 11.8 Å². The second-order valence-electron chi connectivity index (χ2n) is 4.58. The van der Waals surface area contributed by atoms with E-state index in [2.05, 4.69) is 54.8 Å². The van der Waals surface area contributed by atoms with E-state index in [1.807, 2.05) is 0 Å². The molecule has 0 atom stereocenters. The third-order valence-electron chi connectivity index (χ3n) is 2.92. The molecule has 0 saturated carbocycles. The van der Waals surface area contributed by atoms with Gasteiger partial charge in [-0.3, -0.25) is 0 Å². The Kier molecular flexibility index (Phi) is 4.13. The van der Waals surface area contributed by atoms with Crippen LogP contribution in [-0.4, -0.2) is 23.8 Å². The largest absolute Gasteiger partial charge is 0.361 e. The fourth-order valence-electron chi connectivity index (χ4n) is 1.99. The lowest BCUT2D eigenvalue weighted by molar-refractivity contribution is 0.591. The molecule has 0 aliphatic carbocycles. The molecule has 0 unspecified atom stereocenters. The van der Waals surface area contributed by atoms with E-state index in [0.717, 1.165) is 13.0 Å². The quantitative estimate of drug-likeness (QED) is 0.793. The number of hydrogen-bond acceptors (Lipinski definition) is 2. The van der Waals surface area contributed by atoms with Crippen LogP contribution in [0.4, 0.5) is 0 Å². The van der Waals surface area contributed by atoms with Crippen LogP contribution in [0.1, 0.15) is 19.4 Å². The Labute approximate surface area is 107 Å². The van der Waals surface area contributed by atoms with Gasteiger partial charge in [0.2, 0.25) is 0 Å². The topological polar surface area (TPSA) is 27.8 Å². The molecule has 0 amide bonds. The van der Waals surface area contributed by atoms with Gasteiger partial charge in [0.05, 0.1) is 0 Å². The molecule has 17 heavy (non-hydrogen) atoms. The highest BCUT2D eigenvalue weighted by atomic mass is 32.2. The minimum absolute atomic E-state index is 0.557. The lowest BCUT2D eigenvalue weighted by atomic mass is 10.1. The zero-order chi connectivity index (χ0) is 12.3. The molecule has 1 aromatic heterocycles. The van der Waals surface area contributed by atoms with E-state index in [9.17, 15) is 0 Å². The maximum Gasteiger partial charge on any atom is 0.0457 e. The van der Waals surface area contributed by atoms with Crippen LogP contribution in [-0.2, 0) is 6.42 Å². The number of aromatic nitrogens is 1. The fraction of sp³-hybridized carbons (Fsp3) is 0.429. The average Bonchev–Trinajstić information content (AvgIpc) is 2.71. The maximum atomic E-state index is 3.46. The summed E-state index contributed by atoms with van der Waals surface area (Å²) in [4.78, 5) is 4.67. The van der Waals surface area contributed by atoms with Gasteiger partial charge in [-0.2, -0.15) is 0 Å². The second-order valence-corrected chi connectivity index (χ2v) is 5.46. The number of rotatable bonds is 5. The van der Waals surface area contributed by atoms with Crippen LogP contribution in [0.2, 0.25) is 0 Å². The summed E-state index contributed by atoms with van der Waals surface area (Å²) >= 11 is 1.79. The molecule has 0 saturated heterocycles. The molecule has 0 aliphatic heterocycles. The summed E-state index contributed by atoms with van der Waals surface area (Å²) in [5, 5.41) is 4.82. The number of fused-ring (bicyclic) bond motifs is 1. The van der Waals surface area contributed by atoms with Crippen molar-refractivity contribution in [3.63, 3.8) is 0 Å². The van der Waals surface area contributed by atoms with Crippen molar-refractivity contribution in [3.05, 3.63) is 30.0 Å². The minimum Gasteiger partial charge on any atom is -0.361 e. The highest BCUT2D eigenvalue weighted by molar-refractivity contribution is 7.98. The average molecular weight is 248 g/mol. The molecule has 1 aromatic carbocycles. The monoisotopic (exact) mass is 248 g/mol. The van der Waals surface area contributed by atoms with E-state index < -0.39 is 0 Å². The minimum atomic E-state index is 0.557. The van der Waals surface area contributed by atoms with Gasteiger partial charge in [-0.15, -0.1) is 11.8 Å². The predicted octanol–water partition coefficient (Wildman–Crippen LogP) is 3.43. The lowest BCUT2D eigenvalue weighted by Gasteiger charge is -2.07. The zero-order valence-electron chi connectivity index (χ0n) is 10.7. The molecule has 0 radical (unpaired) electrons. The molecule has 1 heterocycles. The first-order valence-corrected chi connectivity index (χ1v) is 7.30.